The number of unbranched alkanes of at least 4 members (excludes halogenated alkanes) is 1. The Morgan fingerprint density at radius 2 is 1.85 bits per heavy atom. The van der Waals surface area contributed by atoms with Crippen molar-refractivity contribution in [3.63, 3.8) is 0 Å². The predicted molar refractivity (Wildman–Crippen MR) is 72.4 cm³/mol. The SMILES string of the molecule is CC(C)(CN)CCCCn1c(C(F)(F)F)cccc1=O. The van der Waals surface area contributed by atoms with E-state index in [0.29, 0.717) is 13.0 Å². The molecule has 0 aliphatic carbocycles. The van der Waals surface area contributed by atoms with Gasteiger partial charge in [-0.3, -0.25) is 4.79 Å². The molecule has 20 heavy (non-hydrogen) atoms. The first-order valence-corrected chi connectivity index (χ1v) is 6.64. The fourth-order valence-electron chi connectivity index (χ4n) is 1.97. The minimum Gasteiger partial charge on any atom is -0.330 e. The number of aromatic nitrogens is 1. The van der Waals surface area contributed by atoms with Crippen LogP contribution in [0, 0.1) is 5.41 Å². The van der Waals surface area contributed by atoms with Gasteiger partial charge in [0, 0.05) is 12.6 Å². The van der Waals surface area contributed by atoms with Gasteiger partial charge in [0.15, 0.2) is 0 Å². The normalized spacial score (nSPS) is 12.7. The number of pyridine rings is 1. The second-order valence-electron chi connectivity index (χ2n) is 5.72. The maximum Gasteiger partial charge on any atom is 0.431 e. The molecule has 0 fully saturated rings. The van der Waals surface area contributed by atoms with Crippen molar-refractivity contribution >= 4 is 0 Å². The Balaban J connectivity index is 2.72. The van der Waals surface area contributed by atoms with E-state index in [1.54, 1.807) is 0 Å². The van der Waals surface area contributed by atoms with Gasteiger partial charge in [0.2, 0.25) is 0 Å². The summed E-state index contributed by atoms with van der Waals surface area (Å²) in [6.07, 6.45) is -2.41. The molecule has 1 rings (SSSR count). The van der Waals surface area contributed by atoms with Gasteiger partial charge in [-0.25, -0.2) is 0 Å². The van der Waals surface area contributed by atoms with Crippen molar-refractivity contribution in [3.8, 4) is 0 Å². The number of halogens is 3. The zero-order valence-corrected chi connectivity index (χ0v) is 11.8. The molecular formula is C14H21F3N2O. The molecule has 0 spiro atoms. The molecule has 0 radical (unpaired) electrons. The van der Waals surface area contributed by atoms with Crippen LogP contribution < -0.4 is 11.3 Å². The van der Waals surface area contributed by atoms with E-state index in [0.717, 1.165) is 35.6 Å². The fraction of sp³-hybridized carbons (Fsp3) is 0.643. The fourth-order valence-corrected chi connectivity index (χ4v) is 1.97. The molecule has 0 unspecified atom stereocenters. The maximum atomic E-state index is 12.8. The van der Waals surface area contributed by atoms with Crippen LogP contribution in [0.4, 0.5) is 13.2 Å². The summed E-state index contributed by atoms with van der Waals surface area (Å²) in [6.45, 7) is 4.65. The van der Waals surface area contributed by atoms with Gasteiger partial charge in [-0.15, -0.1) is 0 Å². The summed E-state index contributed by atoms with van der Waals surface area (Å²) in [6, 6.07) is 3.23. The summed E-state index contributed by atoms with van der Waals surface area (Å²) >= 11 is 0. The molecular weight excluding hydrogens is 269 g/mol. The maximum absolute atomic E-state index is 12.8. The first-order chi connectivity index (χ1) is 9.17. The lowest BCUT2D eigenvalue weighted by Crippen LogP contribution is -2.27. The molecule has 0 saturated carbocycles. The van der Waals surface area contributed by atoms with Crippen LogP contribution in [0.25, 0.3) is 0 Å². The van der Waals surface area contributed by atoms with Crippen molar-refractivity contribution in [2.45, 2.75) is 45.8 Å². The van der Waals surface area contributed by atoms with E-state index in [9.17, 15) is 18.0 Å². The Morgan fingerprint density at radius 3 is 2.40 bits per heavy atom. The molecule has 1 aromatic heterocycles. The Labute approximate surface area is 116 Å². The molecule has 6 heteroatoms. The molecule has 0 amide bonds. The summed E-state index contributed by atoms with van der Waals surface area (Å²) in [5.74, 6) is 0. The zero-order valence-electron chi connectivity index (χ0n) is 11.8. The Morgan fingerprint density at radius 1 is 1.20 bits per heavy atom. The van der Waals surface area contributed by atoms with Crippen molar-refractivity contribution in [1.29, 1.82) is 0 Å². The molecule has 1 heterocycles. The van der Waals surface area contributed by atoms with Crippen molar-refractivity contribution < 1.29 is 13.2 Å². The monoisotopic (exact) mass is 290 g/mol. The van der Waals surface area contributed by atoms with Gasteiger partial charge in [-0.1, -0.05) is 26.3 Å². The van der Waals surface area contributed by atoms with Gasteiger partial charge in [0.25, 0.3) is 5.56 Å². The molecule has 3 nitrogen and oxygen atoms in total. The van der Waals surface area contributed by atoms with Crippen LogP contribution in [0.2, 0.25) is 0 Å². The minimum absolute atomic E-state index is 0.0193. The van der Waals surface area contributed by atoms with E-state index < -0.39 is 17.4 Å². The van der Waals surface area contributed by atoms with Crippen LogP contribution in [0.5, 0.6) is 0 Å². The van der Waals surface area contributed by atoms with Gasteiger partial charge in [0.1, 0.15) is 5.69 Å². The summed E-state index contributed by atoms with van der Waals surface area (Å²) in [5.41, 5.74) is 4.08. The predicted octanol–water partition coefficient (Wildman–Crippen LogP) is 3.02. The van der Waals surface area contributed by atoms with E-state index in [-0.39, 0.29) is 12.0 Å². The Kier molecular flexibility index (Phi) is 5.39. The highest BCUT2D eigenvalue weighted by Crippen LogP contribution is 2.28. The van der Waals surface area contributed by atoms with Gasteiger partial charge in [-0.2, -0.15) is 13.2 Å². The third-order valence-electron chi connectivity index (χ3n) is 3.38. The second-order valence-corrected chi connectivity index (χ2v) is 5.72. The summed E-state index contributed by atoms with van der Waals surface area (Å²) in [4.78, 5) is 11.6. The number of hydrogen-bond acceptors (Lipinski definition) is 2. The number of nitrogens with two attached hydrogens (primary N) is 1. The van der Waals surface area contributed by atoms with E-state index in [1.807, 2.05) is 13.8 Å². The summed E-state index contributed by atoms with van der Waals surface area (Å²) < 4.78 is 39.2. The van der Waals surface area contributed by atoms with Crippen molar-refractivity contribution in [2.24, 2.45) is 11.1 Å². The van der Waals surface area contributed by atoms with E-state index in [4.69, 9.17) is 5.73 Å². The summed E-state index contributed by atoms with van der Waals surface area (Å²) in [5, 5.41) is 0. The number of hydrogen-bond donors (Lipinski definition) is 1. The lowest BCUT2D eigenvalue weighted by atomic mass is 9.87. The second kappa shape index (κ2) is 6.43. The highest BCUT2D eigenvalue weighted by molar-refractivity contribution is 5.10. The van der Waals surface area contributed by atoms with Crippen LogP contribution in [-0.2, 0) is 12.7 Å². The Hall–Kier alpha value is -1.30. The highest BCUT2D eigenvalue weighted by atomic mass is 19.4. The van der Waals surface area contributed by atoms with Crippen LogP contribution in [0.15, 0.2) is 23.0 Å². The zero-order chi connectivity index (χ0) is 15.4. The molecule has 0 atom stereocenters. The molecule has 0 saturated heterocycles. The molecule has 0 aliphatic heterocycles. The van der Waals surface area contributed by atoms with Gasteiger partial charge in [0.05, 0.1) is 0 Å². The minimum atomic E-state index is -4.50. The molecule has 2 N–H and O–H groups in total. The first-order valence-electron chi connectivity index (χ1n) is 6.64. The lowest BCUT2D eigenvalue weighted by Gasteiger charge is -2.22. The van der Waals surface area contributed by atoms with E-state index >= 15 is 0 Å². The number of rotatable bonds is 6. The first kappa shape index (κ1) is 16.8. The Bertz CT molecular complexity index is 492. The molecule has 0 bridgehead atoms. The molecule has 114 valence electrons. The van der Waals surface area contributed by atoms with Gasteiger partial charge in [-0.05, 0) is 30.9 Å². The molecule has 1 aromatic rings. The van der Waals surface area contributed by atoms with E-state index in [2.05, 4.69) is 0 Å². The van der Waals surface area contributed by atoms with E-state index in [1.165, 1.54) is 0 Å². The topological polar surface area (TPSA) is 48.0 Å². The highest BCUT2D eigenvalue weighted by Gasteiger charge is 2.33. The van der Waals surface area contributed by atoms with Gasteiger partial charge >= 0.3 is 6.18 Å². The van der Waals surface area contributed by atoms with Crippen molar-refractivity contribution in [1.82, 2.24) is 4.57 Å². The van der Waals surface area contributed by atoms with Crippen LogP contribution in [-0.4, -0.2) is 11.1 Å². The van der Waals surface area contributed by atoms with Crippen molar-refractivity contribution in [3.05, 3.63) is 34.2 Å². The number of nitrogens with zero attached hydrogens (tertiary/aromatic N) is 1. The average molecular weight is 290 g/mol. The summed E-state index contributed by atoms with van der Waals surface area (Å²) in [7, 11) is 0. The molecule has 0 aromatic carbocycles. The average Bonchev–Trinajstić information content (AvgIpc) is 2.34. The third-order valence-corrected chi connectivity index (χ3v) is 3.38. The number of alkyl halides is 3. The van der Waals surface area contributed by atoms with Crippen LogP contribution in [0.3, 0.4) is 0 Å². The smallest absolute Gasteiger partial charge is 0.330 e. The van der Waals surface area contributed by atoms with Gasteiger partial charge < -0.3 is 10.3 Å². The molecule has 0 aliphatic rings. The van der Waals surface area contributed by atoms with Crippen LogP contribution in [0.1, 0.15) is 38.8 Å². The third kappa shape index (κ3) is 4.67. The quantitative estimate of drug-likeness (QED) is 0.819. The standard InChI is InChI=1S/C14H21F3N2O/c1-13(2,10-18)8-3-4-9-19-11(14(15,16)17)6-5-7-12(19)20/h5-7H,3-4,8-10,18H2,1-2H3. The lowest BCUT2D eigenvalue weighted by molar-refractivity contribution is -0.144. The van der Waals surface area contributed by atoms with Crippen molar-refractivity contribution in [2.75, 3.05) is 6.54 Å². The van der Waals surface area contributed by atoms with Crippen LogP contribution >= 0.6 is 0 Å². The largest absolute Gasteiger partial charge is 0.431 e.